The van der Waals surface area contributed by atoms with Crippen LogP contribution in [0, 0.1) is 0 Å². The first-order valence-corrected chi connectivity index (χ1v) is 20.6. The van der Waals surface area contributed by atoms with Crippen LogP contribution in [0.1, 0.15) is 34.3 Å². The van der Waals surface area contributed by atoms with Crippen LogP contribution >= 0.6 is 0 Å². The second-order valence-electron chi connectivity index (χ2n) is 15.8. The molecule has 10 heteroatoms. The highest BCUT2D eigenvalue weighted by molar-refractivity contribution is 5.77. The highest BCUT2D eigenvalue weighted by atomic mass is 16.3. The highest BCUT2D eigenvalue weighted by Crippen LogP contribution is 2.31. The zero-order chi connectivity index (χ0) is 39.8. The Kier molecular flexibility index (Phi) is 12.7. The first-order chi connectivity index (χ1) is 28.4. The lowest BCUT2D eigenvalue weighted by atomic mass is 9.96. The van der Waals surface area contributed by atoms with Crippen molar-refractivity contribution in [3.63, 3.8) is 0 Å². The van der Waals surface area contributed by atoms with Gasteiger partial charge in [-0.2, -0.15) is 0 Å². The van der Waals surface area contributed by atoms with Crippen molar-refractivity contribution in [2.75, 3.05) is 65.4 Å². The summed E-state index contributed by atoms with van der Waals surface area (Å²) in [5.74, 6) is 0. The van der Waals surface area contributed by atoms with Crippen LogP contribution in [0.2, 0.25) is 0 Å². The smallest absolute Gasteiger partial charge is 0.331 e. The predicted octanol–water partition coefficient (Wildman–Crippen LogP) is 4.70. The Hall–Kier alpha value is -5.20. The number of β-amino-alcohol motifs (C(OH)–C–C–N with tert-alkyl or cyclic N) is 2. The Bertz CT molecular complexity index is 2240. The van der Waals surface area contributed by atoms with Gasteiger partial charge in [0.15, 0.2) is 0 Å². The van der Waals surface area contributed by atoms with Crippen LogP contribution in [0.3, 0.4) is 0 Å². The molecule has 0 aliphatic carbocycles. The molecule has 2 aliphatic heterocycles. The first kappa shape index (κ1) is 39.6. The summed E-state index contributed by atoms with van der Waals surface area (Å²) >= 11 is 0. The molecule has 2 N–H and O–H groups in total. The van der Waals surface area contributed by atoms with Crippen molar-refractivity contribution in [2.24, 2.45) is 0 Å². The molecule has 2 atom stereocenters. The largest absolute Gasteiger partial charge is 0.390 e. The number of aliphatic hydroxyl groups excluding tert-OH is 2. The molecule has 0 amide bonds. The van der Waals surface area contributed by atoms with Gasteiger partial charge >= 0.3 is 5.69 Å². The third kappa shape index (κ3) is 9.08. The lowest BCUT2D eigenvalue weighted by Gasteiger charge is -2.40. The fourth-order valence-electron chi connectivity index (χ4n) is 9.02. The molecule has 1 aromatic heterocycles. The Balaban J connectivity index is 0.908. The van der Waals surface area contributed by atoms with E-state index in [0.717, 1.165) is 56.9 Å². The maximum Gasteiger partial charge on any atom is 0.331 e. The van der Waals surface area contributed by atoms with Crippen molar-refractivity contribution in [1.29, 1.82) is 0 Å². The molecule has 0 saturated carbocycles. The van der Waals surface area contributed by atoms with E-state index in [-0.39, 0.29) is 25.2 Å². The number of para-hydroxylation sites is 1. The molecule has 0 bridgehead atoms. The molecule has 3 heterocycles. The van der Waals surface area contributed by atoms with E-state index in [1.165, 1.54) is 26.8 Å². The lowest BCUT2D eigenvalue weighted by molar-refractivity contribution is 0.0522. The van der Waals surface area contributed by atoms with Crippen LogP contribution in [-0.2, 0) is 13.1 Å². The van der Waals surface area contributed by atoms with Crippen molar-refractivity contribution in [3.8, 4) is 0 Å². The number of rotatable bonds is 14. The molecular formula is C48H54N6O4. The van der Waals surface area contributed by atoms with Gasteiger partial charge in [-0.3, -0.25) is 33.5 Å². The summed E-state index contributed by atoms with van der Waals surface area (Å²) in [5.41, 5.74) is 4.56. The zero-order valence-corrected chi connectivity index (χ0v) is 33.0. The number of hydrogen-bond donors (Lipinski definition) is 2. The standard InChI is InChI=1S/C48H54N6O4/c55-41(33-49-25-29-51(30-26-49)45(37-15-5-1-6-16-37)38-17-7-2-8-18-38)35-53-44-24-14-13-23-43(44)47(57)54(48(53)58)36-42(56)34-50-27-31-52(32-28-50)46(39-19-9-3-10-20-39)40-21-11-4-12-22-40/h1-24,41-42,45-46,55-56H,25-36H2/t41-,42+/m1/s1. The van der Waals surface area contributed by atoms with Crippen LogP contribution in [0.4, 0.5) is 0 Å². The van der Waals surface area contributed by atoms with E-state index < -0.39 is 23.5 Å². The Morgan fingerprint density at radius 2 is 0.759 bits per heavy atom. The van der Waals surface area contributed by atoms with Gasteiger partial charge in [0.05, 0.1) is 48.3 Å². The second kappa shape index (κ2) is 18.6. The summed E-state index contributed by atoms with van der Waals surface area (Å²) in [4.78, 5) is 37.3. The van der Waals surface area contributed by atoms with Crippen LogP contribution in [0.5, 0.6) is 0 Å². The summed E-state index contributed by atoms with van der Waals surface area (Å²) in [7, 11) is 0. The van der Waals surface area contributed by atoms with Crippen molar-refractivity contribution in [3.05, 3.63) is 189 Å². The number of piperazine rings is 2. The minimum absolute atomic E-state index is 0.0402. The van der Waals surface area contributed by atoms with Crippen LogP contribution in [-0.4, -0.2) is 117 Å². The molecule has 58 heavy (non-hydrogen) atoms. The van der Waals surface area contributed by atoms with Gasteiger partial charge in [0.1, 0.15) is 0 Å². The minimum atomic E-state index is -0.928. The Morgan fingerprint density at radius 1 is 0.414 bits per heavy atom. The van der Waals surface area contributed by atoms with E-state index in [9.17, 15) is 19.8 Å². The molecular weight excluding hydrogens is 725 g/mol. The zero-order valence-electron chi connectivity index (χ0n) is 33.0. The lowest BCUT2D eigenvalue weighted by Crippen LogP contribution is -2.51. The highest BCUT2D eigenvalue weighted by Gasteiger charge is 2.29. The van der Waals surface area contributed by atoms with Crippen LogP contribution < -0.4 is 11.2 Å². The fourth-order valence-corrected chi connectivity index (χ4v) is 9.02. The number of aliphatic hydroxyl groups is 2. The molecule has 2 fully saturated rings. The number of fused-ring (bicyclic) bond motifs is 1. The van der Waals surface area contributed by atoms with Gasteiger partial charge in [-0.15, -0.1) is 0 Å². The fraction of sp³-hybridized carbons (Fsp3) is 0.333. The van der Waals surface area contributed by atoms with E-state index >= 15 is 0 Å². The summed E-state index contributed by atoms with van der Waals surface area (Å²) in [5, 5.41) is 23.2. The number of benzene rings is 5. The van der Waals surface area contributed by atoms with Crippen molar-refractivity contribution < 1.29 is 10.2 Å². The molecule has 8 rings (SSSR count). The molecule has 0 radical (unpaired) electrons. The summed E-state index contributed by atoms with van der Waals surface area (Å²) < 4.78 is 2.67. The molecule has 5 aromatic carbocycles. The molecule has 0 unspecified atom stereocenters. The molecule has 0 spiro atoms. The average molecular weight is 779 g/mol. The molecule has 6 aromatic rings. The van der Waals surface area contributed by atoms with Gasteiger partial charge in [-0.05, 0) is 34.4 Å². The monoisotopic (exact) mass is 778 g/mol. The van der Waals surface area contributed by atoms with Gasteiger partial charge in [-0.1, -0.05) is 133 Å². The van der Waals surface area contributed by atoms with Crippen molar-refractivity contribution in [2.45, 2.75) is 37.4 Å². The quantitative estimate of drug-likeness (QED) is 0.165. The molecule has 2 aliphatic rings. The summed E-state index contributed by atoms with van der Waals surface area (Å²) in [6, 6.07) is 49.6. The predicted molar refractivity (Wildman–Crippen MR) is 230 cm³/mol. The number of hydrogen-bond acceptors (Lipinski definition) is 8. The molecule has 10 nitrogen and oxygen atoms in total. The van der Waals surface area contributed by atoms with Crippen molar-refractivity contribution in [1.82, 2.24) is 28.7 Å². The summed E-state index contributed by atoms with van der Waals surface area (Å²) in [6.45, 7) is 7.04. The second-order valence-corrected chi connectivity index (χ2v) is 15.8. The van der Waals surface area contributed by atoms with Gasteiger partial charge in [0, 0.05) is 65.4 Å². The van der Waals surface area contributed by atoms with Gasteiger partial charge < -0.3 is 10.2 Å². The maximum absolute atomic E-state index is 14.1. The van der Waals surface area contributed by atoms with Crippen molar-refractivity contribution >= 4 is 10.9 Å². The third-order valence-corrected chi connectivity index (χ3v) is 11.9. The molecule has 2 saturated heterocycles. The summed E-state index contributed by atoms with van der Waals surface area (Å²) in [6.07, 6.45) is -1.77. The van der Waals surface area contributed by atoms with E-state index in [1.807, 2.05) is 24.3 Å². The maximum atomic E-state index is 14.1. The molecule has 300 valence electrons. The van der Waals surface area contributed by atoms with Gasteiger partial charge in [0.25, 0.3) is 5.56 Å². The van der Waals surface area contributed by atoms with E-state index in [0.29, 0.717) is 24.0 Å². The van der Waals surface area contributed by atoms with E-state index in [4.69, 9.17) is 0 Å². The average Bonchev–Trinajstić information content (AvgIpc) is 3.27. The van der Waals surface area contributed by atoms with Crippen LogP contribution in [0.15, 0.2) is 155 Å². The van der Waals surface area contributed by atoms with Gasteiger partial charge in [-0.25, -0.2) is 4.79 Å². The Morgan fingerprint density at radius 3 is 1.16 bits per heavy atom. The number of aromatic nitrogens is 2. The first-order valence-electron chi connectivity index (χ1n) is 20.6. The minimum Gasteiger partial charge on any atom is -0.390 e. The Labute approximate surface area is 340 Å². The SMILES string of the molecule is O=c1c2ccccc2n(C[C@H](O)CN2CCN(C(c3ccccc3)c3ccccc3)CC2)c(=O)n1C[C@@H](O)CN1CCN(C(c2ccccc2)c2ccccc2)CC1. The topological polar surface area (TPSA) is 97.4 Å². The van der Waals surface area contributed by atoms with E-state index in [2.05, 4.69) is 117 Å². The van der Waals surface area contributed by atoms with Gasteiger partial charge in [0.2, 0.25) is 0 Å². The number of nitrogens with zero attached hydrogens (tertiary/aromatic N) is 6. The van der Waals surface area contributed by atoms with E-state index in [1.54, 1.807) is 24.3 Å². The normalized spacial score (nSPS) is 17.2. The van der Waals surface area contributed by atoms with Crippen LogP contribution in [0.25, 0.3) is 10.9 Å². The third-order valence-electron chi connectivity index (χ3n) is 11.9.